The number of hydrogen-bond acceptors (Lipinski definition) is 13. The topological polar surface area (TPSA) is 228 Å². The highest BCUT2D eigenvalue weighted by molar-refractivity contribution is 5.76. The van der Waals surface area contributed by atoms with Gasteiger partial charge in [-0.15, -0.1) is 0 Å². The van der Waals surface area contributed by atoms with E-state index in [0.29, 0.717) is 12.8 Å². The molecule has 12 unspecified atom stereocenters. The number of nitrogens with one attached hydrogen (secondary N) is 1. The van der Waals surface area contributed by atoms with Crippen molar-refractivity contribution in [3.63, 3.8) is 0 Å². The molecule has 0 aromatic rings. The SMILES string of the molecule is CCCCCCCCCC/C=C\CCCCCCCCCCCCCCCCCCCCCCCCCCCC(=O)NC(COC1OC(CO)C(OC2OC(CO)C(O)C(O)C2O)C(O)C1O)C(O)CCCCCCCCCCCCCCCCCCCCCCCCCCCCCCCCC. The lowest BCUT2D eigenvalue weighted by Gasteiger charge is -2.46. The Morgan fingerprint density at radius 3 is 0.931 bits per heavy atom. The van der Waals surface area contributed by atoms with Crippen LogP contribution in [0.5, 0.6) is 0 Å². The van der Waals surface area contributed by atoms with Gasteiger partial charge in [0, 0.05) is 6.42 Å². The van der Waals surface area contributed by atoms with E-state index in [2.05, 4.69) is 31.3 Å². The Morgan fingerprint density at radius 2 is 0.618 bits per heavy atom. The zero-order valence-corrected chi connectivity index (χ0v) is 66.9. The molecule has 0 saturated carbocycles. The summed E-state index contributed by atoms with van der Waals surface area (Å²) in [4.78, 5) is 13.4. The van der Waals surface area contributed by atoms with Gasteiger partial charge >= 0.3 is 0 Å². The Hall–Kier alpha value is -1.27. The lowest BCUT2D eigenvalue weighted by molar-refractivity contribution is -0.359. The van der Waals surface area contributed by atoms with Gasteiger partial charge in [0.25, 0.3) is 0 Å². The first-order valence-corrected chi connectivity index (χ1v) is 44.9. The summed E-state index contributed by atoms with van der Waals surface area (Å²) in [7, 11) is 0. The van der Waals surface area contributed by atoms with E-state index in [4.69, 9.17) is 18.9 Å². The molecule has 2 aliphatic rings. The third-order valence-electron chi connectivity index (χ3n) is 22.5. The normalized spacial score (nSPS) is 21.6. The molecule has 0 aromatic heterocycles. The Balaban J connectivity index is 1.55. The maximum atomic E-state index is 13.4. The van der Waals surface area contributed by atoms with Gasteiger partial charge in [0.05, 0.1) is 32.0 Å². The van der Waals surface area contributed by atoms with Crippen LogP contribution in [-0.4, -0.2) is 140 Å². The van der Waals surface area contributed by atoms with Crippen LogP contribution in [0.15, 0.2) is 12.2 Å². The van der Waals surface area contributed by atoms with Crippen LogP contribution in [0.2, 0.25) is 0 Å². The molecule has 14 nitrogen and oxygen atoms in total. The van der Waals surface area contributed by atoms with Gasteiger partial charge in [-0.2, -0.15) is 0 Å². The first-order chi connectivity index (χ1) is 50.1. The molecule has 102 heavy (non-hydrogen) atoms. The average molecular weight is 1450 g/mol. The summed E-state index contributed by atoms with van der Waals surface area (Å²) in [5, 5.41) is 88.0. The predicted octanol–water partition coefficient (Wildman–Crippen LogP) is 21.6. The molecule has 2 heterocycles. The Kier molecular flexibility index (Phi) is 68.9. The maximum absolute atomic E-state index is 13.4. The molecule has 2 saturated heterocycles. The number of carbonyl (C=O) groups is 1. The highest BCUT2D eigenvalue weighted by Crippen LogP contribution is 2.31. The molecule has 2 rings (SSSR count). The molecule has 2 fully saturated rings. The lowest BCUT2D eigenvalue weighted by Crippen LogP contribution is -2.65. The van der Waals surface area contributed by atoms with Crippen molar-refractivity contribution in [3.8, 4) is 0 Å². The number of carbonyl (C=O) groups excluding carboxylic acids is 1. The van der Waals surface area contributed by atoms with Gasteiger partial charge in [0.15, 0.2) is 12.6 Å². The number of rotatable bonds is 78. The van der Waals surface area contributed by atoms with Gasteiger partial charge in [-0.05, 0) is 38.5 Å². The third kappa shape index (κ3) is 54.3. The van der Waals surface area contributed by atoms with Gasteiger partial charge in [-0.1, -0.05) is 418 Å². The minimum atomic E-state index is -1.78. The number of amides is 1. The van der Waals surface area contributed by atoms with E-state index in [1.807, 2.05) is 0 Å². The molecule has 0 radical (unpaired) electrons. The molecular weight excluding hydrogens is 1280 g/mol. The van der Waals surface area contributed by atoms with Crippen LogP contribution in [0, 0.1) is 0 Å². The van der Waals surface area contributed by atoms with Crippen molar-refractivity contribution in [2.75, 3.05) is 19.8 Å². The fraction of sp³-hybridized carbons (Fsp3) is 0.966. The molecule has 12 atom stereocenters. The molecule has 606 valence electrons. The molecule has 0 spiro atoms. The van der Waals surface area contributed by atoms with Crippen LogP contribution in [0.1, 0.15) is 450 Å². The van der Waals surface area contributed by atoms with Crippen molar-refractivity contribution in [1.29, 1.82) is 0 Å². The summed E-state index contributed by atoms with van der Waals surface area (Å²) in [6.07, 6.45) is 77.2. The predicted molar refractivity (Wildman–Crippen MR) is 425 cm³/mol. The van der Waals surface area contributed by atoms with Crippen molar-refractivity contribution >= 4 is 5.91 Å². The second kappa shape index (κ2) is 72.6. The van der Waals surface area contributed by atoms with E-state index < -0.39 is 86.8 Å². The number of allylic oxidation sites excluding steroid dienone is 2. The summed E-state index contributed by atoms with van der Waals surface area (Å²) in [6.45, 7) is 2.95. The van der Waals surface area contributed by atoms with E-state index in [1.54, 1.807) is 0 Å². The number of unbranched alkanes of at least 4 members (excludes halogenated alkanes) is 63. The first kappa shape index (κ1) is 96.8. The first-order valence-electron chi connectivity index (χ1n) is 44.9. The van der Waals surface area contributed by atoms with Crippen LogP contribution in [-0.2, 0) is 23.7 Å². The number of ether oxygens (including phenoxy) is 4. The molecule has 0 aromatic carbocycles. The highest BCUT2D eigenvalue weighted by Gasteiger charge is 2.51. The quantitative estimate of drug-likeness (QED) is 0.0204. The van der Waals surface area contributed by atoms with Crippen LogP contribution < -0.4 is 5.32 Å². The zero-order valence-electron chi connectivity index (χ0n) is 66.9. The smallest absolute Gasteiger partial charge is 0.220 e. The van der Waals surface area contributed by atoms with Crippen molar-refractivity contribution < 1.29 is 64.6 Å². The Morgan fingerprint density at radius 1 is 0.343 bits per heavy atom. The van der Waals surface area contributed by atoms with Gasteiger partial charge in [-0.3, -0.25) is 4.79 Å². The minimum Gasteiger partial charge on any atom is -0.394 e. The third-order valence-corrected chi connectivity index (χ3v) is 22.5. The van der Waals surface area contributed by atoms with Crippen LogP contribution in [0.4, 0.5) is 0 Å². The van der Waals surface area contributed by atoms with Gasteiger partial charge in [-0.25, -0.2) is 0 Å². The number of aliphatic hydroxyl groups excluding tert-OH is 8. The minimum absolute atomic E-state index is 0.194. The highest BCUT2D eigenvalue weighted by atomic mass is 16.7. The number of aliphatic hydroxyl groups is 8. The summed E-state index contributed by atoms with van der Waals surface area (Å²) in [6, 6.07) is -0.827. The summed E-state index contributed by atoms with van der Waals surface area (Å²) in [5.74, 6) is -0.194. The average Bonchev–Trinajstić information content (AvgIpc) is 0.790. The lowest BCUT2D eigenvalue weighted by atomic mass is 9.97. The Labute approximate surface area is 628 Å². The van der Waals surface area contributed by atoms with Crippen molar-refractivity contribution in [3.05, 3.63) is 12.2 Å². The van der Waals surface area contributed by atoms with E-state index in [1.165, 1.54) is 372 Å². The van der Waals surface area contributed by atoms with Gasteiger partial charge in [0.2, 0.25) is 5.91 Å². The van der Waals surface area contributed by atoms with E-state index >= 15 is 0 Å². The Bertz CT molecular complexity index is 1760. The molecule has 14 heteroatoms. The van der Waals surface area contributed by atoms with Crippen LogP contribution in [0.3, 0.4) is 0 Å². The molecule has 2 aliphatic heterocycles. The second-order valence-electron chi connectivity index (χ2n) is 32.1. The molecule has 0 bridgehead atoms. The largest absolute Gasteiger partial charge is 0.394 e. The standard InChI is InChI=1S/C88H171NO13/c1-3-5-7-9-11-13-15-17-19-21-23-25-27-29-31-33-35-36-37-38-39-40-42-44-46-48-50-52-54-56-58-60-62-64-66-68-70-72-80(93)89-76(75-99-87-85(98)83(96)86(79(74-91)101-87)102-88-84(97)82(95)81(94)78(73-90)100-88)77(92)71-69-67-65-63-61-59-57-55-53-51-49-47-45-43-41-34-32-30-28-26-24-22-20-18-16-14-12-10-8-6-4-2/h21,23,76-79,81-88,90-92,94-98H,3-20,22,24-75H2,1-2H3,(H,89,93)/b23-21-. The van der Waals surface area contributed by atoms with E-state index in [9.17, 15) is 45.6 Å². The van der Waals surface area contributed by atoms with E-state index in [-0.39, 0.29) is 12.5 Å². The van der Waals surface area contributed by atoms with Crippen LogP contribution >= 0.6 is 0 Å². The van der Waals surface area contributed by atoms with E-state index in [0.717, 1.165) is 51.4 Å². The van der Waals surface area contributed by atoms with Gasteiger partial charge < -0.3 is 65.1 Å². The monoisotopic (exact) mass is 1450 g/mol. The van der Waals surface area contributed by atoms with Crippen molar-refractivity contribution in [2.45, 2.75) is 524 Å². The molecule has 1 amide bonds. The molecule has 0 aliphatic carbocycles. The van der Waals surface area contributed by atoms with Crippen molar-refractivity contribution in [1.82, 2.24) is 5.32 Å². The molecule has 9 N–H and O–H groups in total. The van der Waals surface area contributed by atoms with Crippen molar-refractivity contribution in [2.24, 2.45) is 0 Å². The maximum Gasteiger partial charge on any atom is 0.220 e. The molecular formula is C88H171NO13. The second-order valence-corrected chi connectivity index (χ2v) is 32.1. The fourth-order valence-corrected chi connectivity index (χ4v) is 15.4. The summed E-state index contributed by atoms with van der Waals surface area (Å²) >= 11 is 0. The van der Waals surface area contributed by atoms with Gasteiger partial charge in [0.1, 0.15) is 48.8 Å². The zero-order chi connectivity index (χ0) is 73.7. The fourth-order valence-electron chi connectivity index (χ4n) is 15.4. The number of hydrogen-bond donors (Lipinski definition) is 9. The summed E-state index contributed by atoms with van der Waals surface area (Å²) in [5.41, 5.74) is 0. The van der Waals surface area contributed by atoms with Crippen LogP contribution in [0.25, 0.3) is 0 Å². The summed E-state index contributed by atoms with van der Waals surface area (Å²) < 4.78 is 23.0.